The number of fused-ring (bicyclic) bond motifs is 3. The number of piperidine rings is 1. The molecule has 0 aliphatic carbocycles. The van der Waals surface area contributed by atoms with Crippen LogP contribution in [0, 0.1) is 0 Å². The van der Waals surface area contributed by atoms with Crippen LogP contribution < -0.4 is 10.2 Å². The van der Waals surface area contributed by atoms with Crippen LogP contribution in [-0.4, -0.2) is 31.4 Å². The van der Waals surface area contributed by atoms with E-state index in [2.05, 4.69) is 28.4 Å². The third kappa shape index (κ3) is 1.13. The van der Waals surface area contributed by atoms with Crippen molar-refractivity contribution in [2.24, 2.45) is 0 Å². The molecule has 3 aliphatic rings. The maximum absolute atomic E-state index is 3.55. The Kier molecular flexibility index (Phi) is 2.00. The fourth-order valence-electron chi connectivity index (χ4n) is 3.49. The Morgan fingerprint density at radius 3 is 3.38 bits per heavy atom. The molecule has 84 valence electrons. The summed E-state index contributed by atoms with van der Waals surface area (Å²) >= 11 is 2.03. The van der Waals surface area contributed by atoms with Gasteiger partial charge in [-0.25, -0.2) is 0 Å². The van der Waals surface area contributed by atoms with Gasteiger partial charge in [-0.2, -0.15) is 0 Å². The van der Waals surface area contributed by atoms with Crippen molar-refractivity contribution in [1.29, 1.82) is 0 Å². The Bertz CT molecular complexity index is 432. The van der Waals surface area contributed by atoms with Gasteiger partial charge in [0.05, 0.1) is 5.69 Å². The maximum atomic E-state index is 3.55. The molecule has 0 unspecified atom stereocenters. The molecule has 4 rings (SSSR count). The first-order valence-corrected chi connectivity index (χ1v) is 7.17. The lowest BCUT2D eigenvalue weighted by atomic mass is 9.90. The van der Waals surface area contributed by atoms with Crippen molar-refractivity contribution in [2.45, 2.75) is 23.3 Å². The molecule has 2 atom stereocenters. The van der Waals surface area contributed by atoms with Gasteiger partial charge in [-0.3, -0.25) is 0 Å². The zero-order valence-corrected chi connectivity index (χ0v) is 10.1. The van der Waals surface area contributed by atoms with E-state index in [1.807, 2.05) is 11.8 Å². The van der Waals surface area contributed by atoms with Crippen LogP contribution in [0.5, 0.6) is 0 Å². The van der Waals surface area contributed by atoms with E-state index in [1.54, 1.807) is 11.3 Å². The summed E-state index contributed by atoms with van der Waals surface area (Å²) in [7, 11) is 0. The van der Waals surface area contributed by atoms with Crippen LogP contribution in [0.1, 0.15) is 17.9 Å². The van der Waals surface area contributed by atoms with Gasteiger partial charge in [0.15, 0.2) is 0 Å². The molecule has 1 saturated heterocycles. The van der Waals surface area contributed by atoms with Gasteiger partial charge in [0.2, 0.25) is 0 Å². The normalized spacial score (nSPS) is 31.1. The highest BCUT2D eigenvalue weighted by molar-refractivity contribution is 7.99. The molecule has 0 amide bonds. The van der Waals surface area contributed by atoms with Gasteiger partial charge in [-0.15, -0.1) is 11.8 Å². The van der Waals surface area contributed by atoms with Gasteiger partial charge >= 0.3 is 0 Å². The molecule has 0 bridgehead atoms. The topological polar surface area (TPSA) is 15.3 Å². The Hall–Kier alpha value is -0.670. The van der Waals surface area contributed by atoms with Gasteiger partial charge in [0.25, 0.3) is 0 Å². The van der Waals surface area contributed by atoms with E-state index in [1.165, 1.54) is 36.7 Å². The minimum absolute atomic E-state index is 0.738. The lowest BCUT2D eigenvalue weighted by molar-refractivity contribution is 0.405. The smallest absolute Gasteiger partial charge is 0.0544 e. The fraction of sp³-hybridized carbons (Fsp3) is 0.538. The number of rotatable bonds is 0. The van der Waals surface area contributed by atoms with Crippen LogP contribution in [-0.2, 0) is 0 Å². The molecule has 0 spiro atoms. The molecular weight excluding hydrogens is 216 g/mol. The maximum Gasteiger partial charge on any atom is 0.0544 e. The van der Waals surface area contributed by atoms with Crippen LogP contribution >= 0.6 is 11.8 Å². The van der Waals surface area contributed by atoms with E-state index >= 15 is 0 Å². The van der Waals surface area contributed by atoms with Crippen LogP contribution in [0.2, 0.25) is 0 Å². The quantitative estimate of drug-likeness (QED) is 0.737. The molecule has 16 heavy (non-hydrogen) atoms. The van der Waals surface area contributed by atoms with E-state index in [-0.39, 0.29) is 0 Å². The second kappa shape index (κ2) is 3.41. The second-order valence-corrected chi connectivity index (χ2v) is 6.04. The number of anilines is 1. The molecule has 1 fully saturated rings. The highest BCUT2D eigenvalue weighted by Gasteiger charge is 2.41. The number of thioether (sulfide) groups is 1. The lowest BCUT2D eigenvalue weighted by Gasteiger charge is -2.36. The molecular formula is C13H16N2S. The van der Waals surface area contributed by atoms with Crippen molar-refractivity contribution in [3.05, 3.63) is 23.8 Å². The number of nitrogens with zero attached hydrogens (tertiary/aromatic N) is 1. The SMILES string of the molecule is c1cc2c3c(c1)[C@H]1CNCC[C@H]1N3CCS2. The summed E-state index contributed by atoms with van der Waals surface area (Å²) in [5, 5.41) is 3.55. The Balaban J connectivity index is 1.89. The standard InChI is InChI=1S/C13H16N2S/c1-2-9-10-8-14-5-4-11(10)15-6-7-16-12(3-1)13(9)15/h1-3,10-11,14H,4-8H2/t10-,11-/m1/s1. The summed E-state index contributed by atoms with van der Waals surface area (Å²) < 4.78 is 0. The van der Waals surface area contributed by atoms with Gasteiger partial charge in [-0.05, 0) is 24.6 Å². The van der Waals surface area contributed by atoms with E-state index in [0.717, 1.165) is 12.0 Å². The number of hydrogen-bond acceptors (Lipinski definition) is 3. The van der Waals surface area contributed by atoms with Crippen molar-refractivity contribution in [3.8, 4) is 0 Å². The highest BCUT2D eigenvalue weighted by atomic mass is 32.2. The summed E-state index contributed by atoms with van der Waals surface area (Å²) in [6.45, 7) is 3.60. The minimum atomic E-state index is 0.738. The van der Waals surface area contributed by atoms with Crippen LogP contribution in [0.15, 0.2) is 23.1 Å². The second-order valence-electron chi connectivity index (χ2n) is 4.90. The summed E-state index contributed by atoms with van der Waals surface area (Å²) in [6.07, 6.45) is 1.31. The summed E-state index contributed by atoms with van der Waals surface area (Å²) in [6, 6.07) is 7.65. The van der Waals surface area contributed by atoms with Gasteiger partial charge in [-0.1, -0.05) is 12.1 Å². The van der Waals surface area contributed by atoms with Crippen molar-refractivity contribution < 1.29 is 0 Å². The van der Waals surface area contributed by atoms with Crippen molar-refractivity contribution >= 4 is 17.4 Å². The molecule has 0 radical (unpaired) electrons. The zero-order valence-electron chi connectivity index (χ0n) is 9.28. The van der Waals surface area contributed by atoms with Gasteiger partial charge < -0.3 is 10.2 Å². The van der Waals surface area contributed by atoms with E-state index in [4.69, 9.17) is 0 Å². The molecule has 0 aromatic heterocycles. The lowest BCUT2D eigenvalue weighted by Crippen LogP contribution is -2.45. The monoisotopic (exact) mass is 232 g/mol. The third-order valence-electron chi connectivity index (χ3n) is 4.15. The number of hydrogen-bond donors (Lipinski definition) is 1. The van der Waals surface area contributed by atoms with E-state index in [0.29, 0.717) is 0 Å². The third-order valence-corrected chi connectivity index (χ3v) is 5.18. The zero-order chi connectivity index (χ0) is 10.5. The number of para-hydroxylation sites is 1. The Labute approximate surface area is 100 Å². The first kappa shape index (κ1) is 9.37. The molecule has 0 saturated carbocycles. The molecule has 1 N–H and O–H groups in total. The van der Waals surface area contributed by atoms with E-state index < -0.39 is 0 Å². The van der Waals surface area contributed by atoms with Crippen molar-refractivity contribution in [3.63, 3.8) is 0 Å². The van der Waals surface area contributed by atoms with Crippen LogP contribution in [0.4, 0.5) is 5.69 Å². The number of benzene rings is 1. The van der Waals surface area contributed by atoms with Crippen LogP contribution in [0.3, 0.4) is 0 Å². The Morgan fingerprint density at radius 2 is 2.38 bits per heavy atom. The molecule has 2 nitrogen and oxygen atoms in total. The molecule has 3 heteroatoms. The fourth-order valence-corrected chi connectivity index (χ4v) is 4.55. The minimum Gasteiger partial charge on any atom is -0.366 e. The largest absolute Gasteiger partial charge is 0.366 e. The number of nitrogens with one attached hydrogen (secondary N) is 1. The predicted molar refractivity (Wildman–Crippen MR) is 68.5 cm³/mol. The molecule has 3 aliphatic heterocycles. The predicted octanol–water partition coefficient (Wildman–Crippen LogP) is 2.06. The van der Waals surface area contributed by atoms with Crippen LogP contribution in [0.25, 0.3) is 0 Å². The molecule has 1 aromatic rings. The first-order valence-electron chi connectivity index (χ1n) is 6.18. The summed E-state index contributed by atoms with van der Waals surface area (Å²) in [4.78, 5) is 4.20. The molecule has 3 heterocycles. The van der Waals surface area contributed by atoms with Crippen molar-refractivity contribution in [1.82, 2.24) is 5.32 Å². The Morgan fingerprint density at radius 1 is 1.38 bits per heavy atom. The average molecular weight is 232 g/mol. The average Bonchev–Trinajstić information content (AvgIpc) is 2.68. The summed E-state index contributed by atoms with van der Waals surface area (Å²) in [5.41, 5.74) is 3.17. The van der Waals surface area contributed by atoms with Gasteiger partial charge in [0, 0.05) is 35.7 Å². The van der Waals surface area contributed by atoms with E-state index in [9.17, 15) is 0 Å². The first-order chi connectivity index (χ1) is 7.95. The van der Waals surface area contributed by atoms with Gasteiger partial charge in [0.1, 0.15) is 0 Å². The molecule has 1 aromatic carbocycles. The summed E-state index contributed by atoms with van der Waals surface area (Å²) in [5.74, 6) is 2.00. The van der Waals surface area contributed by atoms with Crippen molar-refractivity contribution in [2.75, 3.05) is 30.3 Å². The highest BCUT2D eigenvalue weighted by Crippen LogP contribution is 2.49.